The van der Waals surface area contributed by atoms with Gasteiger partial charge >= 0.3 is 0 Å². The minimum atomic E-state index is 0.229. The van der Waals surface area contributed by atoms with Gasteiger partial charge in [0.15, 0.2) is 0 Å². The Morgan fingerprint density at radius 3 is 2.68 bits per heavy atom. The van der Waals surface area contributed by atoms with E-state index in [-0.39, 0.29) is 6.01 Å². The number of methoxy groups -OCH3 is 1. The highest BCUT2D eigenvalue weighted by Gasteiger charge is 2.09. The lowest BCUT2D eigenvalue weighted by atomic mass is 9.97. The van der Waals surface area contributed by atoms with E-state index in [1.165, 1.54) is 11.1 Å². The number of benzene rings is 1. The van der Waals surface area contributed by atoms with E-state index in [0.29, 0.717) is 5.92 Å². The molecule has 1 aromatic heterocycles. The Labute approximate surface area is 113 Å². The number of anilines is 1. The van der Waals surface area contributed by atoms with Gasteiger partial charge in [-0.1, -0.05) is 26.0 Å². The number of ether oxygens (including phenoxy) is 1. The Morgan fingerprint density at radius 1 is 1.32 bits per heavy atom. The summed E-state index contributed by atoms with van der Waals surface area (Å²) in [5.41, 5.74) is 7.95. The molecule has 4 heteroatoms. The zero-order valence-corrected chi connectivity index (χ0v) is 11.6. The highest BCUT2D eigenvalue weighted by Crippen LogP contribution is 2.27. The number of aryl methyl sites for hydroxylation is 2. The predicted molar refractivity (Wildman–Crippen MR) is 75.4 cm³/mol. The fourth-order valence-corrected chi connectivity index (χ4v) is 2.10. The molecule has 0 fully saturated rings. The van der Waals surface area contributed by atoms with Crippen LogP contribution in [0.1, 0.15) is 36.7 Å². The number of nitrogen functional groups attached to an aromatic ring is 1. The topological polar surface area (TPSA) is 61.3 Å². The molecule has 0 unspecified atom stereocenters. The molecule has 19 heavy (non-hydrogen) atoms. The van der Waals surface area contributed by atoms with Crippen molar-refractivity contribution >= 4 is 6.01 Å². The van der Waals surface area contributed by atoms with Gasteiger partial charge in [0.25, 0.3) is 6.01 Å². The molecule has 0 radical (unpaired) electrons. The van der Waals surface area contributed by atoms with Gasteiger partial charge in [0.2, 0.25) is 0 Å². The predicted octanol–water partition coefficient (Wildman–Crippen LogP) is 3.17. The maximum Gasteiger partial charge on any atom is 0.292 e. The standard InChI is InChI=1S/C15H20N2O2/c1-10(2)13-8-11(5-7-14(13)18-3)4-6-12-9-17-15(16)19-12/h5,7-10H,4,6H2,1-3H3,(H2,16,17). The molecule has 4 nitrogen and oxygen atoms in total. The van der Waals surface area contributed by atoms with E-state index in [2.05, 4.69) is 31.0 Å². The second kappa shape index (κ2) is 5.78. The van der Waals surface area contributed by atoms with Crippen molar-refractivity contribution in [3.63, 3.8) is 0 Å². The summed E-state index contributed by atoms with van der Waals surface area (Å²) in [5.74, 6) is 2.21. The third-order valence-corrected chi connectivity index (χ3v) is 3.15. The maximum absolute atomic E-state index is 5.45. The first-order valence-electron chi connectivity index (χ1n) is 6.47. The molecule has 2 N–H and O–H groups in total. The van der Waals surface area contributed by atoms with E-state index in [0.717, 1.165) is 24.4 Å². The number of hydrogen-bond donors (Lipinski definition) is 1. The van der Waals surface area contributed by atoms with Crippen molar-refractivity contribution in [1.29, 1.82) is 0 Å². The van der Waals surface area contributed by atoms with Gasteiger partial charge in [-0.15, -0.1) is 0 Å². The molecule has 102 valence electrons. The van der Waals surface area contributed by atoms with Crippen LogP contribution in [0.2, 0.25) is 0 Å². The van der Waals surface area contributed by atoms with E-state index in [1.54, 1.807) is 13.3 Å². The van der Waals surface area contributed by atoms with Crippen LogP contribution in [0.4, 0.5) is 6.01 Å². The van der Waals surface area contributed by atoms with Crippen LogP contribution in [0, 0.1) is 0 Å². The number of hydrogen-bond acceptors (Lipinski definition) is 4. The summed E-state index contributed by atoms with van der Waals surface area (Å²) in [6.45, 7) is 4.33. The average Bonchev–Trinajstić information content (AvgIpc) is 2.81. The molecule has 0 bridgehead atoms. The lowest BCUT2D eigenvalue weighted by molar-refractivity contribution is 0.407. The van der Waals surface area contributed by atoms with Crippen LogP contribution < -0.4 is 10.5 Å². The van der Waals surface area contributed by atoms with Gasteiger partial charge in [0.1, 0.15) is 11.5 Å². The summed E-state index contributed by atoms with van der Waals surface area (Å²) in [6, 6.07) is 6.54. The first-order chi connectivity index (χ1) is 9.10. The van der Waals surface area contributed by atoms with Gasteiger partial charge in [-0.05, 0) is 29.5 Å². The summed E-state index contributed by atoms with van der Waals surface area (Å²) in [4.78, 5) is 3.89. The second-order valence-electron chi connectivity index (χ2n) is 4.90. The smallest absolute Gasteiger partial charge is 0.292 e. The molecule has 0 atom stereocenters. The molecule has 0 spiro atoms. The van der Waals surface area contributed by atoms with Crippen molar-refractivity contribution in [2.45, 2.75) is 32.6 Å². The van der Waals surface area contributed by atoms with Crippen LogP contribution in [-0.2, 0) is 12.8 Å². The molecule has 0 aliphatic carbocycles. The van der Waals surface area contributed by atoms with Gasteiger partial charge < -0.3 is 14.9 Å². The minimum absolute atomic E-state index is 0.229. The Kier molecular flexibility index (Phi) is 4.10. The number of oxazole rings is 1. The van der Waals surface area contributed by atoms with Gasteiger partial charge in [-0.2, -0.15) is 0 Å². The highest BCUT2D eigenvalue weighted by molar-refractivity contribution is 5.39. The monoisotopic (exact) mass is 260 g/mol. The first kappa shape index (κ1) is 13.5. The van der Waals surface area contributed by atoms with E-state index in [9.17, 15) is 0 Å². The van der Waals surface area contributed by atoms with Crippen LogP contribution in [0.15, 0.2) is 28.8 Å². The zero-order chi connectivity index (χ0) is 13.8. The molecule has 0 amide bonds. The molecule has 1 aromatic carbocycles. The van der Waals surface area contributed by atoms with Crippen molar-refractivity contribution < 1.29 is 9.15 Å². The summed E-state index contributed by atoms with van der Waals surface area (Å²) >= 11 is 0. The average molecular weight is 260 g/mol. The molecule has 2 rings (SSSR count). The summed E-state index contributed by atoms with van der Waals surface area (Å²) in [7, 11) is 1.71. The van der Waals surface area contributed by atoms with Gasteiger partial charge in [0.05, 0.1) is 13.3 Å². The van der Waals surface area contributed by atoms with Gasteiger partial charge in [-0.3, -0.25) is 0 Å². The van der Waals surface area contributed by atoms with Crippen LogP contribution in [0.5, 0.6) is 5.75 Å². The van der Waals surface area contributed by atoms with Crippen molar-refractivity contribution in [1.82, 2.24) is 4.98 Å². The lowest BCUT2D eigenvalue weighted by Crippen LogP contribution is -1.97. The van der Waals surface area contributed by atoms with E-state index >= 15 is 0 Å². The third-order valence-electron chi connectivity index (χ3n) is 3.15. The van der Waals surface area contributed by atoms with Gasteiger partial charge in [-0.25, -0.2) is 4.98 Å². The molecule has 0 saturated carbocycles. The van der Waals surface area contributed by atoms with Crippen LogP contribution in [0.25, 0.3) is 0 Å². The Bertz CT molecular complexity index is 547. The van der Waals surface area contributed by atoms with Crippen molar-refractivity contribution in [2.24, 2.45) is 0 Å². The number of nitrogens with zero attached hydrogens (tertiary/aromatic N) is 1. The molecular formula is C15H20N2O2. The van der Waals surface area contributed by atoms with E-state index in [1.807, 2.05) is 6.07 Å². The SMILES string of the molecule is COc1ccc(CCc2cnc(N)o2)cc1C(C)C. The number of rotatable bonds is 5. The molecule has 0 aliphatic rings. The molecular weight excluding hydrogens is 240 g/mol. The van der Waals surface area contributed by atoms with Crippen molar-refractivity contribution in [3.05, 3.63) is 41.3 Å². The zero-order valence-electron chi connectivity index (χ0n) is 11.6. The highest BCUT2D eigenvalue weighted by atomic mass is 16.5. The summed E-state index contributed by atoms with van der Waals surface area (Å²) in [6.07, 6.45) is 3.38. The van der Waals surface area contributed by atoms with Crippen molar-refractivity contribution in [2.75, 3.05) is 12.8 Å². The fraction of sp³-hybridized carbons (Fsp3) is 0.400. The van der Waals surface area contributed by atoms with E-state index < -0.39 is 0 Å². The molecule has 0 aliphatic heterocycles. The molecule has 1 heterocycles. The molecule has 2 aromatic rings. The molecule has 0 saturated heterocycles. The fourth-order valence-electron chi connectivity index (χ4n) is 2.10. The Morgan fingerprint density at radius 2 is 2.11 bits per heavy atom. The number of nitrogens with two attached hydrogens (primary N) is 1. The minimum Gasteiger partial charge on any atom is -0.496 e. The maximum atomic E-state index is 5.45. The Hall–Kier alpha value is -1.97. The lowest BCUT2D eigenvalue weighted by Gasteiger charge is -2.13. The van der Waals surface area contributed by atoms with E-state index in [4.69, 9.17) is 14.9 Å². The normalized spacial score (nSPS) is 10.9. The first-order valence-corrected chi connectivity index (χ1v) is 6.47. The van der Waals surface area contributed by atoms with Gasteiger partial charge in [0, 0.05) is 6.42 Å². The summed E-state index contributed by atoms with van der Waals surface area (Å²) in [5, 5.41) is 0. The second-order valence-corrected chi connectivity index (χ2v) is 4.90. The largest absolute Gasteiger partial charge is 0.496 e. The quantitative estimate of drug-likeness (QED) is 0.897. The third kappa shape index (κ3) is 3.28. The number of aromatic nitrogens is 1. The van der Waals surface area contributed by atoms with Crippen molar-refractivity contribution in [3.8, 4) is 5.75 Å². The summed E-state index contributed by atoms with van der Waals surface area (Å²) < 4.78 is 10.7. The van der Waals surface area contributed by atoms with Crippen LogP contribution in [-0.4, -0.2) is 12.1 Å². The Balaban J connectivity index is 2.10. The van der Waals surface area contributed by atoms with Crippen LogP contribution in [0.3, 0.4) is 0 Å². The van der Waals surface area contributed by atoms with Crippen LogP contribution >= 0.6 is 0 Å².